The molecular formula is C19H26N2O3. The Labute approximate surface area is 143 Å². The van der Waals surface area contributed by atoms with Gasteiger partial charge in [-0.15, -0.1) is 0 Å². The lowest BCUT2D eigenvalue weighted by atomic mass is 10.0. The molecule has 5 heteroatoms. The quantitative estimate of drug-likeness (QED) is 0.868. The summed E-state index contributed by atoms with van der Waals surface area (Å²) >= 11 is 0. The zero-order valence-corrected chi connectivity index (χ0v) is 14.3. The standard InChI is InChI=1S/C19H26N2O3/c1-2-14-7-3-4-8-16(14)21-12-15(11-17(21)22)18(23)20-13-19(24)9-5-6-10-19/h3-4,7-8,15,24H,2,5-6,9-13H2,1H3,(H,20,23). The number of carbonyl (C=O) groups excluding carboxylic acids is 2. The van der Waals surface area contributed by atoms with E-state index in [1.807, 2.05) is 24.3 Å². The second kappa shape index (κ2) is 6.93. The van der Waals surface area contributed by atoms with Crippen molar-refractivity contribution in [3.63, 3.8) is 0 Å². The highest BCUT2D eigenvalue weighted by atomic mass is 16.3. The summed E-state index contributed by atoms with van der Waals surface area (Å²) in [5.41, 5.74) is 1.27. The van der Waals surface area contributed by atoms with E-state index in [0.29, 0.717) is 13.1 Å². The Morgan fingerprint density at radius 2 is 2.04 bits per heavy atom. The van der Waals surface area contributed by atoms with Crippen LogP contribution < -0.4 is 10.2 Å². The van der Waals surface area contributed by atoms with E-state index in [-0.39, 0.29) is 24.2 Å². The van der Waals surface area contributed by atoms with Crippen LogP contribution in [-0.2, 0) is 16.0 Å². The summed E-state index contributed by atoms with van der Waals surface area (Å²) in [6.45, 7) is 2.77. The van der Waals surface area contributed by atoms with Crippen LogP contribution in [0.3, 0.4) is 0 Å². The van der Waals surface area contributed by atoms with E-state index in [9.17, 15) is 14.7 Å². The Hall–Kier alpha value is -1.88. The average molecular weight is 330 g/mol. The van der Waals surface area contributed by atoms with E-state index in [4.69, 9.17) is 0 Å². The first kappa shape index (κ1) is 17.0. The number of para-hydroxylation sites is 1. The highest BCUT2D eigenvalue weighted by Crippen LogP contribution is 2.30. The molecule has 0 aromatic heterocycles. The minimum Gasteiger partial charge on any atom is -0.388 e. The molecule has 2 amide bonds. The Morgan fingerprint density at radius 1 is 1.33 bits per heavy atom. The summed E-state index contributed by atoms with van der Waals surface area (Å²) in [4.78, 5) is 26.5. The zero-order valence-electron chi connectivity index (χ0n) is 14.3. The number of nitrogens with one attached hydrogen (secondary N) is 1. The van der Waals surface area contributed by atoms with Crippen LogP contribution in [-0.4, -0.2) is 35.6 Å². The zero-order chi connectivity index (χ0) is 17.2. The summed E-state index contributed by atoms with van der Waals surface area (Å²) in [5.74, 6) is -0.469. The van der Waals surface area contributed by atoms with Gasteiger partial charge in [-0.2, -0.15) is 0 Å². The first-order chi connectivity index (χ1) is 11.5. The van der Waals surface area contributed by atoms with Crippen molar-refractivity contribution in [3.8, 4) is 0 Å². The van der Waals surface area contributed by atoms with Crippen LogP contribution in [0.5, 0.6) is 0 Å². The number of benzene rings is 1. The maximum absolute atomic E-state index is 12.4. The first-order valence-corrected chi connectivity index (χ1v) is 8.91. The summed E-state index contributed by atoms with van der Waals surface area (Å²) in [6, 6.07) is 7.85. The number of carbonyl (C=O) groups is 2. The molecule has 2 fully saturated rings. The molecule has 0 bridgehead atoms. The molecule has 1 saturated carbocycles. The van der Waals surface area contributed by atoms with Crippen molar-refractivity contribution in [1.82, 2.24) is 5.32 Å². The van der Waals surface area contributed by atoms with Gasteiger partial charge in [-0.05, 0) is 30.9 Å². The second-order valence-electron chi connectivity index (χ2n) is 7.04. The van der Waals surface area contributed by atoms with Gasteiger partial charge in [-0.1, -0.05) is 38.0 Å². The number of anilines is 1. The van der Waals surface area contributed by atoms with Crippen molar-refractivity contribution in [2.75, 3.05) is 18.0 Å². The predicted octanol–water partition coefficient (Wildman–Crippen LogP) is 2.02. The molecule has 24 heavy (non-hydrogen) atoms. The largest absolute Gasteiger partial charge is 0.388 e. The van der Waals surface area contributed by atoms with E-state index in [2.05, 4.69) is 12.2 Å². The van der Waals surface area contributed by atoms with Crippen LogP contribution >= 0.6 is 0 Å². The molecule has 1 heterocycles. The molecule has 1 aromatic carbocycles. The molecule has 1 atom stereocenters. The molecule has 1 aromatic rings. The maximum atomic E-state index is 12.4. The molecule has 1 unspecified atom stereocenters. The first-order valence-electron chi connectivity index (χ1n) is 8.91. The fourth-order valence-corrected chi connectivity index (χ4v) is 3.80. The van der Waals surface area contributed by atoms with Gasteiger partial charge in [0.1, 0.15) is 0 Å². The minimum absolute atomic E-state index is 0.00405. The number of hydrogen-bond acceptors (Lipinski definition) is 3. The molecule has 2 aliphatic rings. The fraction of sp³-hybridized carbons (Fsp3) is 0.579. The monoisotopic (exact) mass is 330 g/mol. The Balaban J connectivity index is 1.62. The predicted molar refractivity (Wildman–Crippen MR) is 92.7 cm³/mol. The fourth-order valence-electron chi connectivity index (χ4n) is 3.80. The van der Waals surface area contributed by atoms with Gasteiger partial charge in [0.25, 0.3) is 0 Å². The highest BCUT2D eigenvalue weighted by molar-refractivity contribution is 6.00. The lowest BCUT2D eigenvalue weighted by Gasteiger charge is -2.23. The van der Waals surface area contributed by atoms with Crippen molar-refractivity contribution in [2.24, 2.45) is 5.92 Å². The van der Waals surface area contributed by atoms with Crippen molar-refractivity contribution in [2.45, 2.75) is 51.0 Å². The molecule has 2 N–H and O–H groups in total. The van der Waals surface area contributed by atoms with Gasteiger partial charge in [-0.3, -0.25) is 9.59 Å². The molecular weight excluding hydrogens is 304 g/mol. The van der Waals surface area contributed by atoms with E-state index >= 15 is 0 Å². The van der Waals surface area contributed by atoms with Gasteiger partial charge in [-0.25, -0.2) is 0 Å². The number of aryl methyl sites for hydroxylation is 1. The Morgan fingerprint density at radius 3 is 2.75 bits per heavy atom. The molecule has 1 saturated heterocycles. The smallest absolute Gasteiger partial charge is 0.227 e. The summed E-state index contributed by atoms with van der Waals surface area (Å²) in [6.07, 6.45) is 4.59. The maximum Gasteiger partial charge on any atom is 0.227 e. The van der Waals surface area contributed by atoms with Crippen LogP contribution in [0.4, 0.5) is 5.69 Å². The average Bonchev–Trinajstić information content (AvgIpc) is 3.19. The van der Waals surface area contributed by atoms with Crippen molar-refractivity contribution in [1.29, 1.82) is 0 Å². The minimum atomic E-state index is -0.757. The van der Waals surface area contributed by atoms with Crippen molar-refractivity contribution in [3.05, 3.63) is 29.8 Å². The molecule has 1 aliphatic heterocycles. The van der Waals surface area contributed by atoms with E-state index in [0.717, 1.165) is 43.4 Å². The molecule has 0 spiro atoms. The molecule has 0 radical (unpaired) electrons. The van der Waals surface area contributed by atoms with E-state index in [1.165, 1.54) is 0 Å². The van der Waals surface area contributed by atoms with Gasteiger partial charge in [0.15, 0.2) is 0 Å². The van der Waals surface area contributed by atoms with Crippen LogP contribution in [0.2, 0.25) is 0 Å². The molecule has 130 valence electrons. The Kier molecular flexibility index (Phi) is 4.90. The van der Waals surface area contributed by atoms with Crippen LogP contribution in [0, 0.1) is 5.92 Å². The van der Waals surface area contributed by atoms with E-state index < -0.39 is 5.60 Å². The summed E-state index contributed by atoms with van der Waals surface area (Å²) in [7, 11) is 0. The van der Waals surface area contributed by atoms with Crippen molar-refractivity contribution >= 4 is 17.5 Å². The summed E-state index contributed by atoms with van der Waals surface area (Å²) in [5, 5.41) is 13.2. The summed E-state index contributed by atoms with van der Waals surface area (Å²) < 4.78 is 0. The SMILES string of the molecule is CCc1ccccc1N1CC(C(=O)NCC2(O)CCCC2)CC1=O. The van der Waals surface area contributed by atoms with Crippen LogP contribution in [0.1, 0.15) is 44.6 Å². The molecule has 3 rings (SSSR count). The Bertz CT molecular complexity index is 623. The van der Waals surface area contributed by atoms with E-state index in [1.54, 1.807) is 4.90 Å². The third-order valence-electron chi connectivity index (χ3n) is 5.29. The molecule has 1 aliphatic carbocycles. The third kappa shape index (κ3) is 3.46. The lowest BCUT2D eigenvalue weighted by Crippen LogP contribution is -2.43. The number of nitrogens with zero attached hydrogens (tertiary/aromatic N) is 1. The van der Waals surface area contributed by atoms with Gasteiger partial charge in [0.2, 0.25) is 11.8 Å². The number of hydrogen-bond donors (Lipinski definition) is 2. The third-order valence-corrected chi connectivity index (χ3v) is 5.29. The van der Waals surface area contributed by atoms with Crippen molar-refractivity contribution < 1.29 is 14.7 Å². The van der Waals surface area contributed by atoms with Gasteiger partial charge in [0, 0.05) is 25.2 Å². The number of rotatable bonds is 5. The lowest BCUT2D eigenvalue weighted by molar-refractivity contribution is -0.127. The van der Waals surface area contributed by atoms with Gasteiger partial charge < -0.3 is 15.3 Å². The topological polar surface area (TPSA) is 69.6 Å². The number of amides is 2. The van der Waals surface area contributed by atoms with Gasteiger partial charge >= 0.3 is 0 Å². The highest BCUT2D eigenvalue weighted by Gasteiger charge is 2.37. The van der Waals surface area contributed by atoms with Crippen LogP contribution in [0.15, 0.2) is 24.3 Å². The normalized spacial score (nSPS) is 22.8. The van der Waals surface area contributed by atoms with Gasteiger partial charge in [0.05, 0.1) is 11.5 Å². The van der Waals surface area contributed by atoms with Crippen LogP contribution in [0.25, 0.3) is 0 Å². The second-order valence-corrected chi connectivity index (χ2v) is 7.04. The molecule has 5 nitrogen and oxygen atoms in total. The number of aliphatic hydroxyl groups is 1.